The number of esters is 1. The first kappa shape index (κ1) is 15.3. The van der Waals surface area contributed by atoms with Crippen LogP contribution in [0.25, 0.3) is 0 Å². The van der Waals surface area contributed by atoms with Crippen molar-refractivity contribution in [2.24, 2.45) is 0 Å². The fourth-order valence-electron chi connectivity index (χ4n) is 2.38. The van der Waals surface area contributed by atoms with Crippen molar-refractivity contribution in [3.63, 3.8) is 0 Å². The van der Waals surface area contributed by atoms with Gasteiger partial charge in [-0.05, 0) is 31.0 Å². The molecule has 1 unspecified atom stereocenters. The number of rotatable bonds is 3. The number of ether oxygens (including phenoxy) is 1. The first-order valence-electron chi connectivity index (χ1n) is 6.31. The number of carbonyl (C=O) groups is 1. The SMILES string of the molecule is COC(=O)C1CCCN1S(=O)(=O)c1ccc(C#N)cc1N. The molecule has 0 saturated carbocycles. The summed E-state index contributed by atoms with van der Waals surface area (Å²) in [4.78, 5) is 11.6. The molecule has 1 aromatic rings. The van der Waals surface area contributed by atoms with Crippen LogP contribution in [0.1, 0.15) is 18.4 Å². The van der Waals surface area contributed by atoms with Gasteiger partial charge in [0.25, 0.3) is 0 Å². The first-order valence-corrected chi connectivity index (χ1v) is 7.75. The summed E-state index contributed by atoms with van der Waals surface area (Å²) in [7, 11) is -2.68. The highest BCUT2D eigenvalue weighted by molar-refractivity contribution is 7.89. The highest BCUT2D eigenvalue weighted by Gasteiger charge is 2.40. The minimum atomic E-state index is -3.90. The van der Waals surface area contributed by atoms with Crippen molar-refractivity contribution in [3.8, 4) is 6.07 Å². The largest absolute Gasteiger partial charge is 0.468 e. The summed E-state index contributed by atoms with van der Waals surface area (Å²) in [6.07, 6.45) is 0.997. The average Bonchev–Trinajstić information content (AvgIpc) is 2.96. The minimum absolute atomic E-state index is 0.00966. The third kappa shape index (κ3) is 2.70. The van der Waals surface area contributed by atoms with Crippen molar-refractivity contribution >= 4 is 21.7 Å². The molecule has 0 aliphatic carbocycles. The molecule has 1 aliphatic heterocycles. The second-order valence-corrected chi connectivity index (χ2v) is 6.52. The lowest BCUT2D eigenvalue weighted by Gasteiger charge is -2.22. The Morgan fingerprint density at radius 2 is 2.24 bits per heavy atom. The highest BCUT2D eigenvalue weighted by atomic mass is 32.2. The monoisotopic (exact) mass is 309 g/mol. The van der Waals surface area contributed by atoms with Gasteiger partial charge in [0.15, 0.2) is 0 Å². The van der Waals surface area contributed by atoms with E-state index in [0.717, 1.165) is 4.31 Å². The molecule has 112 valence electrons. The van der Waals surface area contributed by atoms with Gasteiger partial charge in [-0.15, -0.1) is 0 Å². The molecule has 1 aromatic carbocycles. The molecule has 1 aliphatic rings. The Morgan fingerprint density at radius 3 is 2.81 bits per heavy atom. The maximum Gasteiger partial charge on any atom is 0.324 e. The second kappa shape index (κ2) is 5.71. The number of carbonyl (C=O) groups excluding carboxylic acids is 1. The van der Waals surface area contributed by atoms with Gasteiger partial charge >= 0.3 is 5.97 Å². The molecule has 1 fully saturated rings. The Morgan fingerprint density at radius 1 is 1.52 bits per heavy atom. The second-order valence-electron chi connectivity index (χ2n) is 4.66. The molecule has 0 bridgehead atoms. The standard InChI is InChI=1S/C13H15N3O4S/c1-20-13(17)11-3-2-6-16(11)21(18,19)12-5-4-9(8-14)7-10(12)15/h4-5,7,11H,2-3,6,15H2,1H3. The van der Waals surface area contributed by atoms with Crippen LogP contribution in [-0.4, -0.2) is 38.4 Å². The predicted octanol–water partition coefficient (Wildman–Crippen LogP) is 0.467. The molecule has 2 N–H and O–H groups in total. The molecule has 1 saturated heterocycles. The summed E-state index contributed by atoms with van der Waals surface area (Å²) in [5.74, 6) is -0.580. The van der Waals surface area contributed by atoms with Gasteiger partial charge in [-0.1, -0.05) is 0 Å². The van der Waals surface area contributed by atoms with Crippen LogP contribution in [0, 0.1) is 11.3 Å². The van der Waals surface area contributed by atoms with Crippen molar-refractivity contribution < 1.29 is 17.9 Å². The average molecular weight is 309 g/mol. The fourth-order valence-corrected chi connectivity index (χ4v) is 4.12. The molecule has 0 spiro atoms. The number of nitrogen functional groups attached to an aromatic ring is 1. The van der Waals surface area contributed by atoms with E-state index in [1.165, 1.54) is 25.3 Å². The van der Waals surface area contributed by atoms with E-state index in [0.29, 0.717) is 12.8 Å². The van der Waals surface area contributed by atoms with E-state index in [2.05, 4.69) is 4.74 Å². The van der Waals surface area contributed by atoms with E-state index >= 15 is 0 Å². The zero-order valence-corrected chi connectivity index (χ0v) is 12.3. The molecule has 0 radical (unpaired) electrons. The summed E-state index contributed by atoms with van der Waals surface area (Å²) < 4.78 is 31.0. The Labute approximate surface area is 123 Å². The predicted molar refractivity (Wildman–Crippen MR) is 74.5 cm³/mol. The van der Waals surface area contributed by atoms with E-state index in [1.54, 1.807) is 0 Å². The zero-order chi connectivity index (χ0) is 15.6. The summed E-state index contributed by atoms with van der Waals surface area (Å²) in [6.45, 7) is 0.238. The van der Waals surface area contributed by atoms with Crippen LogP contribution in [-0.2, 0) is 19.6 Å². The quantitative estimate of drug-likeness (QED) is 0.641. The van der Waals surface area contributed by atoms with Crippen LogP contribution in [0.3, 0.4) is 0 Å². The molecule has 0 amide bonds. The molecule has 21 heavy (non-hydrogen) atoms. The van der Waals surface area contributed by atoms with E-state index in [-0.39, 0.29) is 22.7 Å². The third-order valence-electron chi connectivity index (χ3n) is 3.40. The first-order chi connectivity index (χ1) is 9.91. The Balaban J connectivity index is 2.43. The lowest BCUT2D eigenvalue weighted by Crippen LogP contribution is -2.41. The van der Waals surface area contributed by atoms with Crippen LogP contribution in [0.15, 0.2) is 23.1 Å². The van der Waals surface area contributed by atoms with Crippen LogP contribution in [0.4, 0.5) is 5.69 Å². The van der Waals surface area contributed by atoms with E-state index < -0.39 is 22.0 Å². The third-order valence-corrected chi connectivity index (χ3v) is 5.38. The summed E-state index contributed by atoms with van der Waals surface area (Å²) in [5.41, 5.74) is 6.00. The number of nitrogens with zero attached hydrogens (tertiary/aromatic N) is 2. The van der Waals surface area contributed by atoms with Gasteiger partial charge in [-0.3, -0.25) is 4.79 Å². The van der Waals surface area contributed by atoms with Gasteiger partial charge in [0.1, 0.15) is 10.9 Å². The normalized spacial score (nSPS) is 19.1. The fraction of sp³-hybridized carbons (Fsp3) is 0.385. The van der Waals surface area contributed by atoms with Crippen LogP contribution < -0.4 is 5.73 Å². The smallest absolute Gasteiger partial charge is 0.324 e. The summed E-state index contributed by atoms with van der Waals surface area (Å²) in [5, 5.41) is 8.79. The number of nitriles is 1. The number of nitrogens with two attached hydrogens (primary N) is 1. The van der Waals surface area contributed by atoms with Gasteiger partial charge in [0.2, 0.25) is 10.0 Å². The maximum atomic E-state index is 12.6. The molecular weight excluding hydrogens is 294 g/mol. The van der Waals surface area contributed by atoms with Crippen molar-refractivity contribution in [2.45, 2.75) is 23.8 Å². The number of benzene rings is 1. The number of hydrogen-bond donors (Lipinski definition) is 1. The number of anilines is 1. The van der Waals surface area contributed by atoms with Gasteiger partial charge in [0, 0.05) is 6.54 Å². The van der Waals surface area contributed by atoms with Gasteiger partial charge in [-0.25, -0.2) is 8.42 Å². The number of sulfonamides is 1. The molecule has 8 heteroatoms. The van der Waals surface area contributed by atoms with E-state index in [4.69, 9.17) is 11.0 Å². The summed E-state index contributed by atoms with van der Waals surface area (Å²) in [6, 6.07) is 5.04. The Bertz CT molecular complexity index is 709. The maximum absolute atomic E-state index is 12.6. The van der Waals surface area contributed by atoms with Gasteiger partial charge < -0.3 is 10.5 Å². The van der Waals surface area contributed by atoms with Gasteiger partial charge in [-0.2, -0.15) is 9.57 Å². The topological polar surface area (TPSA) is 113 Å². The van der Waals surface area contributed by atoms with E-state index in [9.17, 15) is 13.2 Å². The zero-order valence-electron chi connectivity index (χ0n) is 11.4. The van der Waals surface area contributed by atoms with Crippen molar-refractivity contribution in [1.29, 1.82) is 5.26 Å². The lowest BCUT2D eigenvalue weighted by molar-refractivity contribution is -0.144. The molecular formula is C13H15N3O4S. The van der Waals surface area contributed by atoms with Gasteiger partial charge in [0.05, 0.1) is 24.4 Å². The molecule has 7 nitrogen and oxygen atoms in total. The van der Waals surface area contributed by atoms with Crippen molar-refractivity contribution in [2.75, 3.05) is 19.4 Å². The minimum Gasteiger partial charge on any atom is -0.468 e. The van der Waals surface area contributed by atoms with Crippen LogP contribution >= 0.6 is 0 Å². The van der Waals surface area contributed by atoms with Crippen LogP contribution in [0.5, 0.6) is 0 Å². The molecule has 2 rings (SSSR count). The number of hydrogen-bond acceptors (Lipinski definition) is 6. The Hall–Kier alpha value is -2.11. The molecule has 1 heterocycles. The van der Waals surface area contributed by atoms with Crippen LogP contribution in [0.2, 0.25) is 0 Å². The lowest BCUT2D eigenvalue weighted by atomic mass is 10.2. The number of methoxy groups -OCH3 is 1. The van der Waals surface area contributed by atoms with Crippen molar-refractivity contribution in [1.82, 2.24) is 4.31 Å². The molecule has 1 atom stereocenters. The highest BCUT2D eigenvalue weighted by Crippen LogP contribution is 2.30. The Kier molecular flexibility index (Phi) is 4.16. The summed E-state index contributed by atoms with van der Waals surface area (Å²) >= 11 is 0. The molecule has 0 aromatic heterocycles. The van der Waals surface area contributed by atoms with Crippen molar-refractivity contribution in [3.05, 3.63) is 23.8 Å². The van der Waals surface area contributed by atoms with E-state index in [1.807, 2.05) is 6.07 Å².